The summed E-state index contributed by atoms with van der Waals surface area (Å²) >= 11 is 6.00. The van der Waals surface area contributed by atoms with Gasteiger partial charge in [0.15, 0.2) is 5.75 Å². The monoisotopic (exact) mass is 312 g/mol. The van der Waals surface area contributed by atoms with E-state index in [1.165, 1.54) is 44.6 Å². The van der Waals surface area contributed by atoms with Crippen LogP contribution in [0.1, 0.15) is 68.6 Å². The molecule has 0 atom stereocenters. The second-order valence-electron chi connectivity index (χ2n) is 5.25. The lowest BCUT2D eigenvalue weighted by Gasteiger charge is -2.10. The topological polar surface area (TPSA) is 46.5 Å². The molecule has 0 fully saturated rings. The predicted molar refractivity (Wildman–Crippen MR) is 86.5 cm³/mol. The largest absolute Gasteiger partial charge is 0.491 e. The van der Waals surface area contributed by atoms with Gasteiger partial charge in [-0.3, -0.25) is 0 Å². The number of hydrogen-bond donors (Lipinski definition) is 1. The van der Waals surface area contributed by atoms with Crippen LogP contribution in [0.25, 0.3) is 0 Å². The van der Waals surface area contributed by atoms with Gasteiger partial charge in [-0.2, -0.15) is 0 Å². The average molecular weight is 313 g/mol. The van der Waals surface area contributed by atoms with Crippen LogP contribution in [0.2, 0.25) is 5.02 Å². The van der Waals surface area contributed by atoms with Crippen LogP contribution in [0, 0.1) is 0 Å². The number of para-hydroxylation sites is 1. The first-order valence-electron chi connectivity index (χ1n) is 7.81. The highest BCUT2D eigenvalue weighted by Crippen LogP contribution is 2.28. The minimum absolute atomic E-state index is 0.127. The number of halogens is 1. The highest BCUT2D eigenvalue weighted by atomic mass is 35.5. The Labute approximate surface area is 132 Å². The zero-order valence-corrected chi connectivity index (χ0v) is 13.5. The molecule has 3 nitrogen and oxygen atoms in total. The normalized spacial score (nSPS) is 10.6. The molecule has 0 aliphatic heterocycles. The fraction of sp³-hybridized carbons (Fsp3) is 0.588. The first kappa shape index (κ1) is 17.8. The molecule has 0 aromatic heterocycles. The van der Waals surface area contributed by atoms with Gasteiger partial charge in [-0.05, 0) is 18.6 Å². The Kier molecular flexibility index (Phi) is 8.91. The lowest BCUT2D eigenvalue weighted by Crippen LogP contribution is -2.05. The predicted octanol–water partition coefficient (Wildman–Crippen LogP) is 5.56. The van der Waals surface area contributed by atoms with E-state index in [-0.39, 0.29) is 11.3 Å². The molecule has 4 heteroatoms. The number of benzene rings is 1. The standard InChI is InChI=1S/C17H25ClO3/c1-2-3-4-5-6-7-8-9-13-21-16-14(17(19)20)11-10-12-15(16)18/h10-12H,2-9,13H2,1H3,(H,19,20). The average Bonchev–Trinajstić information content (AvgIpc) is 2.46. The molecule has 118 valence electrons. The molecule has 1 rings (SSSR count). The van der Waals surface area contributed by atoms with Crippen molar-refractivity contribution in [3.63, 3.8) is 0 Å². The van der Waals surface area contributed by atoms with Gasteiger partial charge in [0, 0.05) is 0 Å². The van der Waals surface area contributed by atoms with E-state index in [1.807, 2.05) is 0 Å². The molecule has 1 aromatic carbocycles. The molecule has 0 radical (unpaired) electrons. The summed E-state index contributed by atoms with van der Waals surface area (Å²) in [5.74, 6) is -0.724. The van der Waals surface area contributed by atoms with Gasteiger partial charge in [-0.25, -0.2) is 4.79 Å². The van der Waals surface area contributed by atoms with Gasteiger partial charge in [0.05, 0.1) is 11.6 Å². The summed E-state index contributed by atoms with van der Waals surface area (Å²) in [4.78, 5) is 11.1. The zero-order valence-electron chi connectivity index (χ0n) is 12.7. The van der Waals surface area contributed by atoms with E-state index in [4.69, 9.17) is 21.4 Å². The van der Waals surface area contributed by atoms with E-state index in [9.17, 15) is 4.79 Å². The van der Waals surface area contributed by atoms with Crippen LogP contribution in [0.5, 0.6) is 5.75 Å². The number of rotatable bonds is 11. The van der Waals surface area contributed by atoms with Crippen molar-refractivity contribution in [2.45, 2.75) is 58.3 Å². The van der Waals surface area contributed by atoms with Gasteiger partial charge in [-0.15, -0.1) is 0 Å². The summed E-state index contributed by atoms with van der Waals surface area (Å²) in [6.45, 7) is 2.73. The van der Waals surface area contributed by atoms with E-state index >= 15 is 0 Å². The summed E-state index contributed by atoms with van der Waals surface area (Å²) in [7, 11) is 0. The zero-order chi connectivity index (χ0) is 15.5. The van der Waals surface area contributed by atoms with Crippen molar-refractivity contribution < 1.29 is 14.6 Å². The number of ether oxygens (including phenoxy) is 1. The lowest BCUT2D eigenvalue weighted by molar-refractivity contribution is 0.0692. The van der Waals surface area contributed by atoms with Gasteiger partial charge >= 0.3 is 5.97 Å². The summed E-state index contributed by atoms with van der Waals surface area (Å²) in [6, 6.07) is 4.78. The number of aromatic carboxylic acids is 1. The third-order valence-electron chi connectivity index (χ3n) is 3.44. The number of carbonyl (C=O) groups is 1. The number of carboxylic acids is 1. The Bertz CT molecular complexity index is 432. The summed E-state index contributed by atoms with van der Waals surface area (Å²) < 4.78 is 5.56. The van der Waals surface area contributed by atoms with Crippen molar-refractivity contribution in [3.8, 4) is 5.75 Å². The molecule has 0 aliphatic carbocycles. The Hall–Kier alpha value is -1.22. The van der Waals surface area contributed by atoms with Crippen LogP contribution in [-0.2, 0) is 0 Å². The van der Waals surface area contributed by atoms with Crippen LogP contribution in [0.4, 0.5) is 0 Å². The maximum atomic E-state index is 11.1. The molecule has 0 saturated carbocycles. The molecular formula is C17H25ClO3. The maximum Gasteiger partial charge on any atom is 0.339 e. The molecular weight excluding hydrogens is 288 g/mol. The SMILES string of the molecule is CCCCCCCCCCOc1c(Cl)cccc1C(=O)O. The van der Waals surface area contributed by atoms with E-state index in [0.29, 0.717) is 11.6 Å². The van der Waals surface area contributed by atoms with Crippen LogP contribution >= 0.6 is 11.6 Å². The summed E-state index contributed by atoms with van der Waals surface area (Å²) in [5, 5.41) is 9.45. The molecule has 1 aromatic rings. The molecule has 0 bridgehead atoms. The van der Waals surface area contributed by atoms with Crippen molar-refractivity contribution >= 4 is 17.6 Å². The van der Waals surface area contributed by atoms with Crippen LogP contribution in [0.3, 0.4) is 0 Å². The van der Waals surface area contributed by atoms with E-state index < -0.39 is 5.97 Å². The first-order chi connectivity index (χ1) is 10.2. The molecule has 21 heavy (non-hydrogen) atoms. The lowest BCUT2D eigenvalue weighted by atomic mass is 10.1. The molecule has 1 N–H and O–H groups in total. The molecule has 0 unspecified atom stereocenters. The van der Waals surface area contributed by atoms with E-state index in [0.717, 1.165) is 12.8 Å². The molecule has 0 spiro atoms. The van der Waals surface area contributed by atoms with Crippen molar-refractivity contribution in [2.75, 3.05) is 6.61 Å². The highest BCUT2D eigenvalue weighted by molar-refractivity contribution is 6.32. The summed E-state index contributed by atoms with van der Waals surface area (Å²) in [6.07, 6.45) is 9.76. The summed E-state index contributed by atoms with van der Waals surface area (Å²) in [5.41, 5.74) is 0.127. The quantitative estimate of drug-likeness (QED) is 0.544. The second kappa shape index (κ2) is 10.5. The van der Waals surface area contributed by atoms with Crippen molar-refractivity contribution in [3.05, 3.63) is 28.8 Å². The first-order valence-corrected chi connectivity index (χ1v) is 8.19. The van der Waals surface area contributed by atoms with Crippen molar-refractivity contribution in [2.24, 2.45) is 0 Å². The van der Waals surface area contributed by atoms with Crippen LogP contribution in [-0.4, -0.2) is 17.7 Å². The number of hydrogen-bond acceptors (Lipinski definition) is 2. The molecule has 0 aliphatic rings. The number of unbranched alkanes of at least 4 members (excludes halogenated alkanes) is 7. The Morgan fingerprint density at radius 3 is 2.33 bits per heavy atom. The second-order valence-corrected chi connectivity index (χ2v) is 5.65. The number of carboxylic acid groups (broad SMARTS) is 1. The minimum Gasteiger partial charge on any atom is -0.491 e. The van der Waals surface area contributed by atoms with Gasteiger partial charge in [0.2, 0.25) is 0 Å². The smallest absolute Gasteiger partial charge is 0.339 e. The van der Waals surface area contributed by atoms with Gasteiger partial charge in [0.1, 0.15) is 5.56 Å². The Morgan fingerprint density at radius 2 is 1.71 bits per heavy atom. The van der Waals surface area contributed by atoms with Crippen molar-refractivity contribution in [1.29, 1.82) is 0 Å². The maximum absolute atomic E-state index is 11.1. The third-order valence-corrected chi connectivity index (χ3v) is 3.74. The van der Waals surface area contributed by atoms with Gasteiger partial charge < -0.3 is 9.84 Å². The minimum atomic E-state index is -1.01. The van der Waals surface area contributed by atoms with Crippen molar-refractivity contribution in [1.82, 2.24) is 0 Å². The molecule has 0 saturated heterocycles. The van der Waals surface area contributed by atoms with Gasteiger partial charge in [-0.1, -0.05) is 69.5 Å². The van der Waals surface area contributed by atoms with Gasteiger partial charge in [0.25, 0.3) is 0 Å². The Balaban J connectivity index is 2.23. The van der Waals surface area contributed by atoms with E-state index in [1.54, 1.807) is 12.1 Å². The molecule has 0 heterocycles. The fourth-order valence-corrected chi connectivity index (χ4v) is 2.46. The fourth-order valence-electron chi connectivity index (χ4n) is 2.23. The molecule has 0 amide bonds. The van der Waals surface area contributed by atoms with Crippen LogP contribution < -0.4 is 4.74 Å². The van der Waals surface area contributed by atoms with E-state index in [2.05, 4.69) is 6.92 Å². The third kappa shape index (κ3) is 6.85. The highest BCUT2D eigenvalue weighted by Gasteiger charge is 2.14. The van der Waals surface area contributed by atoms with Crippen LogP contribution in [0.15, 0.2) is 18.2 Å². The Morgan fingerprint density at radius 1 is 1.10 bits per heavy atom.